The number of aromatic nitrogens is 1. The lowest BCUT2D eigenvalue weighted by Crippen LogP contribution is -2.47. The maximum atomic E-state index is 5.32. The molecule has 25 heavy (non-hydrogen) atoms. The van der Waals surface area contributed by atoms with Gasteiger partial charge in [0.2, 0.25) is 0 Å². The number of piperazine rings is 1. The lowest BCUT2D eigenvalue weighted by atomic mass is 10.1. The van der Waals surface area contributed by atoms with Crippen molar-refractivity contribution in [1.29, 1.82) is 0 Å². The van der Waals surface area contributed by atoms with Gasteiger partial charge in [0.1, 0.15) is 12.4 Å². The van der Waals surface area contributed by atoms with Crippen molar-refractivity contribution in [2.24, 2.45) is 5.16 Å². The number of pyridine rings is 1. The van der Waals surface area contributed by atoms with Crippen molar-refractivity contribution in [1.82, 2.24) is 9.88 Å². The molecule has 1 fully saturated rings. The first kappa shape index (κ1) is 17.4. The minimum absolute atomic E-state index is 0.596. The Bertz CT molecular complexity index is 652. The number of nitrogens with zero attached hydrogens (tertiary/aromatic N) is 4. The SMILES string of the molecule is CCON=C(CCN1CCN(c2ccccn2)CC1)c1ccccc1. The minimum Gasteiger partial charge on any atom is -0.396 e. The van der Waals surface area contributed by atoms with E-state index in [4.69, 9.17) is 4.84 Å². The second-order valence-corrected chi connectivity index (χ2v) is 6.09. The molecule has 1 saturated heterocycles. The molecule has 0 saturated carbocycles. The Kier molecular flexibility index (Phi) is 6.40. The van der Waals surface area contributed by atoms with E-state index in [1.807, 2.05) is 43.5 Å². The lowest BCUT2D eigenvalue weighted by Gasteiger charge is -2.35. The number of benzene rings is 1. The van der Waals surface area contributed by atoms with E-state index in [-0.39, 0.29) is 0 Å². The fraction of sp³-hybridized carbons (Fsp3) is 0.400. The van der Waals surface area contributed by atoms with E-state index in [9.17, 15) is 0 Å². The third kappa shape index (κ3) is 5.03. The summed E-state index contributed by atoms with van der Waals surface area (Å²) in [6.45, 7) is 7.68. The van der Waals surface area contributed by atoms with Crippen LogP contribution in [-0.4, -0.2) is 54.9 Å². The van der Waals surface area contributed by atoms with Gasteiger partial charge in [-0.05, 0) is 24.6 Å². The fourth-order valence-corrected chi connectivity index (χ4v) is 3.02. The summed E-state index contributed by atoms with van der Waals surface area (Å²) in [5.74, 6) is 1.07. The first-order chi connectivity index (χ1) is 12.4. The van der Waals surface area contributed by atoms with E-state index >= 15 is 0 Å². The molecular weight excluding hydrogens is 312 g/mol. The molecule has 5 nitrogen and oxygen atoms in total. The second kappa shape index (κ2) is 9.18. The number of anilines is 1. The maximum absolute atomic E-state index is 5.32. The van der Waals surface area contributed by atoms with Crippen LogP contribution in [0.25, 0.3) is 0 Å². The van der Waals surface area contributed by atoms with Crippen molar-refractivity contribution in [2.75, 3.05) is 44.2 Å². The average Bonchev–Trinajstić information content (AvgIpc) is 2.70. The Hall–Kier alpha value is -2.40. The number of hydrogen-bond acceptors (Lipinski definition) is 5. The third-order valence-corrected chi connectivity index (χ3v) is 4.42. The lowest BCUT2D eigenvalue weighted by molar-refractivity contribution is 0.157. The summed E-state index contributed by atoms with van der Waals surface area (Å²) in [6, 6.07) is 16.4. The number of hydrogen-bond donors (Lipinski definition) is 0. The Morgan fingerprint density at radius 2 is 1.80 bits per heavy atom. The molecule has 0 atom stereocenters. The van der Waals surface area contributed by atoms with Crippen molar-refractivity contribution in [3.8, 4) is 0 Å². The standard InChI is InChI=1S/C20H26N4O/c1-2-25-22-19(18-8-4-3-5-9-18)11-13-23-14-16-24(17-15-23)20-10-6-7-12-21-20/h3-10,12H,2,11,13-17H2,1H3. The fourth-order valence-electron chi connectivity index (χ4n) is 3.02. The van der Waals surface area contributed by atoms with E-state index in [2.05, 4.69) is 38.1 Å². The number of oxime groups is 1. The molecule has 1 aliphatic rings. The number of rotatable bonds is 7. The molecule has 3 rings (SSSR count). The van der Waals surface area contributed by atoms with Gasteiger partial charge in [-0.1, -0.05) is 41.6 Å². The van der Waals surface area contributed by atoms with Gasteiger partial charge in [-0.3, -0.25) is 4.90 Å². The van der Waals surface area contributed by atoms with Gasteiger partial charge in [0.05, 0.1) is 5.71 Å². The normalized spacial score (nSPS) is 16.0. The van der Waals surface area contributed by atoms with Gasteiger partial charge in [0.15, 0.2) is 0 Å². The zero-order valence-corrected chi connectivity index (χ0v) is 14.8. The highest BCUT2D eigenvalue weighted by molar-refractivity contribution is 6.00. The molecule has 0 radical (unpaired) electrons. The molecule has 0 unspecified atom stereocenters. The maximum Gasteiger partial charge on any atom is 0.128 e. The minimum atomic E-state index is 0.596. The topological polar surface area (TPSA) is 41.0 Å². The van der Waals surface area contributed by atoms with Crippen LogP contribution >= 0.6 is 0 Å². The Balaban J connectivity index is 1.52. The highest BCUT2D eigenvalue weighted by atomic mass is 16.6. The third-order valence-electron chi connectivity index (χ3n) is 4.42. The van der Waals surface area contributed by atoms with Gasteiger partial charge < -0.3 is 9.74 Å². The van der Waals surface area contributed by atoms with Crippen LogP contribution in [0.3, 0.4) is 0 Å². The molecule has 0 spiro atoms. The van der Waals surface area contributed by atoms with Crippen LogP contribution in [0.4, 0.5) is 5.82 Å². The van der Waals surface area contributed by atoms with Crippen molar-refractivity contribution in [2.45, 2.75) is 13.3 Å². The second-order valence-electron chi connectivity index (χ2n) is 6.09. The van der Waals surface area contributed by atoms with Crippen molar-refractivity contribution >= 4 is 11.5 Å². The van der Waals surface area contributed by atoms with Gasteiger partial charge in [0, 0.05) is 45.3 Å². The molecule has 0 N–H and O–H groups in total. The first-order valence-electron chi connectivity index (χ1n) is 8.99. The molecule has 1 aromatic heterocycles. The Labute approximate surface area is 149 Å². The van der Waals surface area contributed by atoms with Gasteiger partial charge in [-0.25, -0.2) is 4.98 Å². The van der Waals surface area contributed by atoms with Crippen LogP contribution in [0, 0.1) is 0 Å². The summed E-state index contributed by atoms with van der Waals surface area (Å²) in [4.78, 5) is 14.6. The smallest absolute Gasteiger partial charge is 0.128 e. The molecule has 1 aliphatic heterocycles. The van der Waals surface area contributed by atoms with Crippen LogP contribution in [0.5, 0.6) is 0 Å². The quantitative estimate of drug-likeness (QED) is 0.575. The van der Waals surface area contributed by atoms with Crippen LogP contribution in [0.15, 0.2) is 59.9 Å². The summed E-state index contributed by atoms with van der Waals surface area (Å²) in [5.41, 5.74) is 2.16. The van der Waals surface area contributed by atoms with Crippen LogP contribution < -0.4 is 4.90 Å². The van der Waals surface area contributed by atoms with E-state index in [0.717, 1.165) is 56.2 Å². The zero-order valence-electron chi connectivity index (χ0n) is 14.8. The highest BCUT2D eigenvalue weighted by Gasteiger charge is 2.18. The summed E-state index contributed by atoms with van der Waals surface area (Å²) >= 11 is 0. The predicted molar refractivity (Wildman–Crippen MR) is 102 cm³/mol. The van der Waals surface area contributed by atoms with E-state index in [1.54, 1.807) is 0 Å². The zero-order chi connectivity index (χ0) is 17.3. The summed E-state index contributed by atoms with van der Waals surface area (Å²) in [7, 11) is 0. The van der Waals surface area contributed by atoms with E-state index < -0.39 is 0 Å². The van der Waals surface area contributed by atoms with Crippen molar-refractivity contribution in [3.05, 3.63) is 60.3 Å². The van der Waals surface area contributed by atoms with Gasteiger partial charge in [-0.15, -0.1) is 0 Å². The van der Waals surface area contributed by atoms with Crippen molar-refractivity contribution in [3.63, 3.8) is 0 Å². The van der Waals surface area contributed by atoms with E-state index in [0.29, 0.717) is 6.61 Å². The van der Waals surface area contributed by atoms with Gasteiger partial charge in [0.25, 0.3) is 0 Å². The highest BCUT2D eigenvalue weighted by Crippen LogP contribution is 2.13. The summed E-state index contributed by atoms with van der Waals surface area (Å²) in [6.07, 6.45) is 2.76. The Morgan fingerprint density at radius 1 is 1.04 bits per heavy atom. The van der Waals surface area contributed by atoms with Crippen LogP contribution in [-0.2, 0) is 4.84 Å². The van der Waals surface area contributed by atoms with Gasteiger partial charge in [-0.2, -0.15) is 0 Å². The predicted octanol–water partition coefficient (Wildman–Crippen LogP) is 3.03. The average molecular weight is 338 g/mol. The molecule has 1 aromatic carbocycles. The molecular formula is C20H26N4O. The molecule has 132 valence electrons. The van der Waals surface area contributed by atoms with E-state index in [1.165, 1.54) is 0 Å². The molecule has 2 heterocycles. The summed E-state index contributed by atoms with van der Waals surface area (Å²) < 4.78 is 0. The molecule has 0 amide bonds. The van der Waals surface area contributed by atoms with Crippen LogP contribution in [0.1, 0.15) is 18.9 Å². The molecule has 0 bridgehead atoms. The summed E-state index contributed by atoms with van der Waals surface area (Å²) in [5, 5.41) is 4.33. The Morgan fingerprint density at radius 3 is 2.48 bits per heavy atom. The largest absolute Gasteiger partial charge is 0.396 e. The monoisotopic (exact) mass is 338 g/mol. The van der Waals surface area contributed by atoms with Crippen LogP contribution in [0.2, 0.25) is 0 Å². The molecule has 2 aromatic rings. The molecule has 0 aliphatic carbocycles. The molecule has 5 heteroatoms. The van der Waals surface area contributed by atoms with Gasteiger partial charge >= 0.3 is 0 Å². The van der Waals surface area contributed by atoms with Crippen molar-refractivity contribution < 1.29 is 4.84 Å². The first-order valence-corrected chi connectivity index (χ1v) is 8.99.